The molecule has 0 fully saturated rings. The zero-order valence-corrected chi connectivity index (χ0v) is 50.7. The Morgan fingerprint density at radius 3 is 1.47 bits per heavy atom. The minimum absolute atomic E-state index is 0.00728. The molecule has 28 heteroatoms. The Bertz CT molecular complexity index is 2160. The fraction of sp³-hybridized carbons (Fsp3) is 0.719. The highest BCUT2D eigenvalue weighted by molar-refractivity contribution is 6.13. The van der Waals surface area contributed by atoms with Crippen molar-refractivity contribution in [2.45, 2.75) is 85.2 Å². The first kappa shape index (κ1) is 73.7. The molecule has 0 bridgehead atoms. The summed E-state index contributed by atoms with van der Waals surface area (Å²) in [7, 11) is 1.63. The fourth-order valence-electron chi connectivity index (χ4n) is 7.60. The van der Waals surface area contributed by atoms with E-state index in [0.29, 0.717) is 158 Å². The second-order valence-electron chi connectivity index (χ2n) is 20.8. The molecule has 3 atom stereocenters. The van der Waals surface area contributed by atoms with Crippen molar-refractivity contribution in [2.24, 2.45) is 17.1 Å². The number of nitrogens with zero attached hydrogens (tertiary/aromatic N) is 4. The standard InChI is InChI=1S/C57H95N9O19/c1-44(2)53(55(71)61-47(8-7-15-59-56(58)72)54(70)60-46-11-9-45(10-12-46)42-85-43-57(3,4)5)62-50(67)40-49(66-51(68)13-14-52(66)69)48-41-65(64-63-48)16-17-74-20-21-76-24-25-78-28-29-80-32-33-82-36-37-84-39-38-83-35-34-81-31-30-79-27-26-77-23-22-75-19-18-73-6/h9-14,41,44,47,49,53H,7-8,15-40,42-43H2,1-6H3,(H,60,70)(H,61,71)(H,62,67)(H3,58,59,72)/t47-,49+,53-/m0/s1. The van der Waals surface area contributed by atoms with Crippen LogP contribution in [0.3, 0.4) is 0 Å². The first-order valence-corrected chi connectivity index (χ1v) is 29.0. The van der Waals surface area contributed by atoms with Crippen molar-refractivity contribution in [3.8, 4) is 0 Å². The number of anilines is 1. The molecular formula is C57H95N9O19. The number of nitrogens with one attached hydrogen (secondary N) is 4. The summed E-state index contributed by atoms with van der Waals surface area (Å²) in [5.41, 5.74) is 6.79. The summed E-state index contributed by atoms with van der Waals surface area (Å²) in [5, 5.41) is 19.1. The molecule has 85 heavy (non-hydrogen) atoms. The lowest BCUT2D eigenvalue weighted by Gasteiger charge is -2.27. The molecule has 482 valence electrons. The Balaban J connectivity index is 1.27. The third kappa shape index (κ3) is 35.6. The number of urea groups is 1. The summed E-state index contributed by atoms with van der Waals surface area (Å²) in [6.45, 7) is 21.2. The summed E-state index contributed by atoms with van der Waals surface area (Å²) in [6, 6.07) is 2.99. The number of benzene rings is 1. The fourth-order valence-corrected chi connectivity index (χ4v) is 7.60. The number of carbonyl (C=O) groups excluding carboxylic acids is 6. The van der Waals surface area contributed by atoms with Crippen molar-refractivity contribution in [2.75, 3.05) is 178 Å². The van der Waals surface area contributed by atoms with Gasteiger partial charge in [-0.2, -0.15) is 0 Å². The molecule has 6 N–H and O–H groups in total. The van der Waals surface area contributed by atoms with Gasteiger partial charge in [-0.05, 0) is 41.9 Å². The second-order valence-corrected chi connectivity index (χ2v) is 20.8. The monoisotopic (exact) mass is 1210 g/mol. The molecule has 2 aromatic rings. The molecule has 2 heterocycles. The summed E-state index contributed by atoms with van der Waals surface area (Å²) in [5.74, 6) is -3.61. The SMILES string of the molecule is COCCOCCOCCOCCOCCOCCOCCOCCOCCOCCOCCOCCn1cc([C@@H](CC(=O)N[C@H](C(=O)N[C@@H](CCCNC(N)=O)C(=O)Nc2ccc(COCC(C)(C)C)cc2)C(C)C)N2C(=O)C=CC2=O)nn1. The van der Waals surface area contributed by atoms with Gasteiger partial charge in [0.05, 0.1) is 190 Å². The average molecular weight is 1210 g/mol. The largest absolute Gasteiger partial charge is 0.382 e. The first-order valence-electron chi connectivity index (χ1n) is 29.0. The normalized spacial score (nSPS) is 13.6. The van der Waals surface area contributed by atoms with Crippen LogP contribution in [-0.2, 0) is 98.7 Å². The van der Waals surface area contributed by atoms with E-state index in [1.54, 1.807) is 33.1 Å². The average Bonchev–Trinajstić information content (AvgIpc) is 2.67. The number of hydrogen-bond donors (Lipinski definition) is 5. The van der Waals surface area contributed by atoms with E-state index in [1.807, 2.05) is 12.1 Å². The van der Waals surface area contributed by atoms with Gasteiger partial charge < -0.3 is 88.6 Å². The van der Waals surface area contributed by atoms with Crippen LogP contribution < -0.4 is 27.0 Å². The lowest BCUT2D eigenvalue weighted by Crippen LogP contribution is -2.55. The topological polar surface area (TPSA) is 330 Å². The second kappa shape index (κ2) is 45.7. The van der Waals surface area contributed by atoms with Crippen molar-refractivity contribution in [3.05, 3.63) is 53.9 Å². The van der Waals surface area contributed by atoms with Crippen molar-refractivity contribution < 1.29 is 90.3 Å². The van der Waals surface area contributed by atoms with Crippen LogP contribution in [0.4, 0.5) is 10.5 Å². The predicted octanol–water partition coefficient (Wildman–Crippen LogP) is 1.74. The van der Waals surface area contributed by atoms with Crippen LogP contribution in [0.1, 0.15) is 71.2 Å². The number of primary amides is 1. The molecule has 7 amide bonds. The van der Waals surface area contributed by atoms with E-state index in [1.165, 1.54) is 10.9 Å². The van der Waals surface area contributed by atoms with Gasteiger partial charge in [0, 0.05) is 31.5 Å². The maximum absolute atomic E-state index is 13.9. The molecule has 1 aliphatic rings. The lowest BCUT2D eigenvalue weighted by molar-refractivity contribution is -0.141. The van der Waals surface area contributed by atoms with E-state index in [0.717, 1.165) is 22.6 Å². The molecule has 1 aromatic heterocycles. The molecule has 0 saturated heterocycles. The minimum atomic E-state index is -1.17. The predicted molar refractivity (Wildman–Crippen MR) is 309 cm³/mol. The van der Waals surface area contributed by atoms with Crippen LogP contribution in [-0.4, -0.2) is 240 Å². The molecule has 0 spiro atoms. The van der Waals surface area contributed by atoms with Gasteiger partial charge in [-0.25, -0.2) is 9.48 Å². The quantitative estimate of drug-likeness (QED) is 0.0465. The van der Waals surface area contributed by atoms with Crippen LogP contribution in [0.5, 0.6) is 0 Å². The third-order valence-electron chi connectivity index (χ3n) is 11.9. The summed E-state index contributed by atoms with van der Waals surface area (Å²) < 4.78 is 72.8. The molecule has 3 rings (SSSR count). The van der Waals surface area contributed by atoms with Crippen molar-refractivity contribution in [1.82, 2.24) is 35.8 Å². The van der Waals surface area contributed by atoms with Gasteiger partial charge in [-0.1, -0.05) is 52.0 Å². The zero-order chi connectivity index (χ0) is 61.8. The van der Waals surface area contributed by atoms with Crippen LogP contribution in [0.2, 0.25) is 0 Å². The molecular weight excluding hydrogens is 1110 g/mol. The Hall–Kier alpha value is -5.60. The summed E-state index contributed by atoms with van der Waals surface area (Å²) in [6.07, 6.45) is 3.66. The Morgan fingerprint density at radius 1 is 0.600 bits per heavy atom. The molecule has 28 nitrogen and oxygen atoms in total. The van der Waals surface area contributed by atoms with E-state index >= 15 is 0 Å². The van der Waals surface area contributed by atoms with E-state index < -0.39 is 66.0 Å². The number of aromatic nitrogens is 3. The van der Waals surface area contributed by atoms with Crippen LogP contribution in [0.15, 0.2) is 42.6 Å². The van der Waals surface area contributed by atoms with Gasteiger partial charge >= 0.3 is 6.03 Å². The van der Waals surface area contributed by atoms with Gasteiger partial charge in [0.2, 0.25) is 17.7 Å². The smallest absolute Gasteiger partial charge is 0.312 e. The number of imide groups is 1. The zero-order valence-electron chi connectivity index (χ0n) is 50.7. The lowest BCUT2D eigenvalue weighted by atomic mass is 9.99. The number of carbonyl (C=O) groups is 6. The maximum Gasteiger partial charge on any atom is 0.312 e. The van der Waals surface area contributed by atoms with Gasteiger partial charge in [-0.3, -0.25) is 28.9 Å². The van der Waals surface area contributed by atoms with E-state index in [-0.39, 0.29) is 50.3 Å². The van der Waals surface area contributed by atoms with Crippen molar-refractivity contribution >= 4 is 41.3 Å². The van der Waals surface area contributed by atoms with Crippen molar-refractivity contribution in [3.63, 3.8) is 0 Å². The molecule has 0 radical (unpaired) electrons. The van der Waals surface area contributed by atoms with Crippen molar-refractivity contribution in [1.29, 1.82) is 0 Å². The van der Waals surface area contributed by atoms with Gasteiger partial charge in [0.15, 0.2) is 0 Å². The van der Waals surface area contributed by atoms with Crippen LogP contribution in [0.25, 0.3) is 0 Å². The van der Waals surface area contributed by atoms with E-state index in [9.17, 15) is 28.8 Å². The number of ether oxygens (including phenoxy) is 13. The molecule has 1 aliphatic heterocycles. The highest BCUT2D eigenvalue weighted by atomic mass is 16.6. The Morgan fingerprint density at radius 2 is 1.05 bits per heavy atom. The Kier molecular flexibility index (Phi) is 39.6. The molecule has 0 saturated carbocycles. The molecule has 0 aliphatic carbocycles. The summed E-state index contributed by atoms with van der Waals surface area (Å²) in [4.78, 5) is 79.5. The number of hydrogen-bond acceptors (Lipinski definition) is 21. The van der Waals surface area contributed by atoms with Gasteiger partial charge in [0.25, 0.3) is 11.8 Å². The Labute approximate surface area is 499 Å². The number of amides is 7. The number of methoxy groups -OCH3 is 1. The van der Waals surface area contributed by atoms with Crippen LogP contribution >= 0.6 is 0 Å². The van der Waals surface area contributed by atoms with E-state index in [4.69, 9.17) is 67.3 Å². The van der Waals surface area contributed by atoms with Gasteiger partial charge in [-0.15, -0.1) is 5.10 Å². The third-order valence-corrected chi connectivity index (χ3v) is 11.9. The maximum atomic E-state index is 13.9. The van der Waals surface area contributed by atoms with E-state index in [2.05, 4.69) is 52.4 Å². The minimum Gasteiger partial charge on any atom is -0.382 e. The number of rotatable bonds is 53. The molecule has 1 aromatic carbocycles. The first-order chi connectivity index (χ1) is 41.1. The highest BCUT2D eigenvalue weighted by Gasteiger charge is 2.37. The number of nitrogens with two attached hydrogens (primary N) is 1. The highest BCUT2D eigenvalue weighted by Crippen LogP contribution is 2.26. The van der Waals surface area contributed by atoms with Crippen LogP contribution in [0, 0.1) is 11.3 Å². The summed E-state index contributed by atoms with van der Waals surface area (Å²) >= 11 is 0. The molecule has 0 unspecified atom stereocenters. The van der Waals surface area contributed by atoms with Gasteiger partial charge in [0.1, 0.15) is 17.8 Å².